The minimum atomic E-state index is 0.257. The molecule has 5 aromatic rings. The number of hydrogen-bond donors (Lipinski definition) is 0. The lowest BCUT2D eigenvalue weighted by Crippen LogP contribution is -2.33. The van der Waals surface area contributed by atoms with Crippen molar-refractivity contribution in [2.24, 2.45) is 5.92 Å². The Hall–Kier alpha value is -5.60. The van der Waals surface area contributed by atoms with Crippen molar-refractivity contribution in [2.45, 2.75) is 64.3 Å². The molecule has 0 N–H and O–H groups in total. The van der Waals surface area contributed by atoms with E-state index in [0.29, 0.717) is 5.92 Å². The monoisotopic (exact) mass is 686 g/mol. The first-order valence-electron chi connectivity index (χ1n) is 19.8. The Morgan fingerprint density at radius 2 is 1.51 bits per heavy atom. The summed E-state index contributed by atoms with van der Waals surface area (Å²) in [6, 6.07) is 38.5. The van der Waals surface area contributed by atoms with Crippen molar-refractivity contribution in [3.05, 3.63) is 191 Å². The fraction of sp³-hybridized carbons (Fsp3) is 0.216. The van der Waals surface area contributed by atoms with E-state index in [2.05, 4.69) is 168 Å². The first-order chi connectivity index (χ1) is 26.2. The van der Waals surface area contributed by atoms with Crippen LogP contribution in [0.25, 0.3) is 38.6 Å². The number of anilines is 1. The average molecular weight is 687 g/mol. The van der Waals surface area contributed by atoms with Crippen LogP contribution >= 0.6 is 0 Å². The van der Waals surface area contributed by atoms with Crippen LogP contribution in [0.4, 0.5) is 5.69 Å². The van der Waals surface area contributed by atoms with Gasteiger partial charge in [0.15, 0.2) is 0 Å². The van der Waals surface area contributed by atoms with Crippen molar-refractivity contribution >= 4 is 44.3 Å². The van der Waals surface area contributed by atoms with E-state index >= 15 is 0 Å². The van der Waals surface area contributed by atoms with Gasteiger partial charge in [-0.05, 0) is 140 Å². The molecule has 2 nitrogen and oxygen atoms in total. The molecule has 260 valence electrons. The zero-order valence-corrected chi connectivity index (χ0v) is 30.6. The summed E-state index contributed by atoms with van der Waals surface area (Å²) in [6.45, 7) is 2.35. The molecule has 4 aromatic carbocycles. The molecule has 4 aliphatic carbocycles. The summed E-state index contributed by atoms with van der Waals surface area (Å²) in [5, 5.41) is 2.71. The molecule has 1 aliphatic heterocycles. The van der Waals surface area contributed by atoms with E-state index in [0.717, 1.165) is 32.1 Å². The van der Waals surface area contributed by atoms with E-state index in [1.54, 1.807) is 5.57 Å². The van der Waals surface area contributed by atoms with Crippen LogP contribution in [0.2, 0.25) is 0 Å². The van der Waals surface area contributed by atoms with Crippen LogP contribution in [-0.2, 0) is 0 Å². The quantitative estimate of drug-likeness (QED) is 0.179. The zero-order valence-electron chi connectivity index (χ0n) is 30.6. The molecule has 10 rings (SSSR count). The van der Waals surface area contributed by atoms with Gasteiger partial charge >= 0.3 is 0 Å². The van der Waals surface area contributed by atoms with Crippen molar-refractivity contribution < 1.29 is 0 Å². The Morgan fingerprint density at radius 3 is 2.36 bits per heavy atom. The lowest BCUT2D eigenvalue weighted by Gasteiger charge is -2.33. The zero-order chi connectivity index (χ0) is 35.3. The number of allylic oxidation sites excluding steroid dienone is 12. The Morgan fingerprint density at radius 1 is 0.698 bits per heavy atom. The maximum atomic E-state index is 2.61. The lowest BCUT2D eigenvalue weighted by atomic mass is 9.77. The summed E-state index contributed by atoms with van der Waals surface area (Å²) in [5.74, 6) is 0.311. The van der Waals surface area contributed by atoms with Gasteiger partial charge in [-0.3, -0.25) is 0 Å². The number of rotatable bonds is 5. The number of nitrogens with zero attached hydrogens (tertiary/aromatic N) is 2. The van der Waals surface area contributed by atoms with Crippen LogP contribution in [0.1, 0.15) is 69.4 Å². The van der Waals surface area contributed by atoms with E-state index in [1.807, 2.05) is 0 Å². The molecule has 0 saturated carbocycles. The van der Waals surface area contributed by atoms with E-state index in [9.17, 15) is 0 Å². The third-order valence-electron chi connectivity index (χ3n) is 12.3. The first-order valence-corrected chi connectivity index (χ1v) is 19.8. The highest BCUT2D eigenvalue weighted by Crippen LogP contribution is 2.51. The summed E-state index contributed by atoms with van der Waals surface area (Å²) in [6.07, 6.45) is 28.5. The van der Waals surface area contributed by atoms with Crippen LogP contribution in [0.5, 0.6) is 0 Å². The topological polar surface area (TPSA) is 8.17 Å². The average Bonchev–Trinajstić information content (AvgIpc) is 3.74. The van der Waals surface area contributed by atoms with Gasteiger partial charge in [-0.2, -0.15) is 0 Å². The van der Waals surface area contributed by atoms with E-state index in [-0.39, 0.29) is 6.04 Å². The number of para-hydroxylation sites is 2. The van der Waals surface area contributed by atoms with Gasteiger partial charge in [0.05, 0.1) is 17.1 Å². The largest absolute Gasteiger partial charge is 0.334 e. The Bertz CT molecular complexity index is 2510. The van der Waals surface area contributed by atoms with E-state index in [1.165, 1.54) is 97.1 Å². The van der Waals surface area contributed by atoms with Crippen molar-refractivity contribution in [2.75, 3.05) is 4.90 Å². The Labute approximate surface area is 313 Å². The molecule has 2 atom stereocenters. The minimum Gasteiger partial charge on any atom is -0.334 e. The maximum Gasteiger partial charge on any atom is 0.0632 e. The standard InChI is InChI=1S/C51H46N2/c1-35-31-32-40(33-38(36-17-5-2-6-18-36)34-45(35)37-19-7-3-8-20-37)53-47-28-14-12-24-44(47)51-42(26-16-30-49(51)53)41-25-15-29-48-50(41)43-23-11-13-27-46(43)52(48)39-21-9-4-10-22-39/h3-4,7-10,12-17,19-22,24-30,33-34,48,50H,2,5-6,11,18,23,31-32H2,1H3/b38-34+,40-33+,45-35-. The minimum absolute atomic E-state index is 0.257. The fourth-order valence-corrected chi connectivity index (χ4v) is 9.84. The summed E-state index contributed by atoms with van der Waals surface area (Å²) < 4.78 is 2.61. The van der Waals surface area contributed by atoms with E-state index in [4.69, 9.17) is 0 Å². The molecule has 0 saturated heterocycles. The highest BCUT2D eigenvalue weighted by Gasteiger charge is 2.43. The molecule has 2 heterocycles. The molecular weight excluding hydrogens is 641 g/mol. The molecule has 2 heteroatoms. The van der Waals surface area contributed by atoms with Crippen LogP contribution in [0.15, 0.2) is 180 Å². The first kappa shape index (κ1) is 32.1. The van der Waals surface area contributed by atoms with Crippen LogP contribution in [-0.4, -0.2) is 10.6 Å². The molecule has 0 bridgehead atoms. The summed E-state index contributed by atoms with van der Waals surface area (Å²) >= 11 is 0. The third kappa shape index (κ3) is 5.46. The fourth-order valence-electron chi connectivity index (χ4n) is 9.84. The highest BCUT2D eigenvalue weighted by molar-refractivity contribution is 6.15. The molecule has 5 aliphatic rings. The molecule has 2 unspecified atom stereocenters. The summed E-state index contributed by atoms with van der Waals surface area (Å²) in [5.41, 5.74) is 18.1. The van der Waals surface area contributed by atoms with Gasteiger partial charge in [-0.1, -0.05) is 115 Å². The number of fused-ring (bicyclic) bond motifs is 5. The SMILES string of the molecule is C\C1=C(c2ccccc2)/C=C(C2=CCCCC2)\C=C(\n2c3ccccc3c3c(C4=CC=CC5C4C4=C(C=CCC4)N5c4ccccc4)cccc32)CC1. The second kappa shape index (κ2) is 13.4. The maximum absolute atomic E-state index is 2.61. The second-order valence-electron chi connectivity index (χ2n) is 15.4. The van der Waals surface area contributed by atoms with Gasteiger partial charge in [0.2, 0.25) is 0 Å². The molecule has 1 aromatic heterocycles. The number of hydrogen-bond acceptors (Lipinski definition) is 1. The van der Waals surface area contributed by atoms with Gasteiger partial charge in [-0.15, -0.1) is 0 Å². The van der Waals surface area contributed by atoms with Gasteiger partial charge in [0.1, 0.15) is 0 Å². The molecular formula is C51H46N2. The second-order valence-corrected chi connectivity index (χ2v) is 15.4. The third-order valence-corrected chi connectivity index (χ3v) is 12.3. The summed E-state index contributed by atoms with van der Waals surface area (Å²) in [4.78, 5) is 2.59. The molecule has 0 amide bonds. The molecule has 53 heavy (non-hydrogen) atoms. The van der Waals surface area contributed by atoms with Gasteiger partial charge < -0.3 is 9.47 Å². The van der Waals surface area contributed by atoms with Crippen LogP contribution in [0, 0.1) is 5.92 Å². The van der Waals surface area contributed by atoms with Crippen LogP contribution < -0.4 is 4.90 Å². The number of aromatic nitrogens is 1. The lowest BCUT2D eigenvalue weighted by molar-refractivity contribution is 0.674. The molecule has 0 radical (unpaired) electrons. The van der Waals surface area contributed by atoms with Crippen molar-refractivity contribution in [3.63, 3.8) is 0 Å². The van der Waals surface area contributed by atoms with Gasteiger partial charge in [-0.25, -0.2) is 0 Å². The molecule has 0 fully saturated rings. The predicted molar refractivity (Wildman–Crippen MR) is 225 cm³/mol. The van der Waals surface area contributed by atoms with Crippen molar-refractivity contribution in [3.8, 4) is 0 Å². The number of benzene rings is 4. The smallest absolute Gasteiger partial charge is 0.0632 e. The van der Waals surface area contributed by atoms with Crippen LogP contribution in [0.3, 0.4) is 0 Å². The summed E-state index contributed by atoms with van der Waals surface area (Å²) in [7, 11) is 0. The highest BCUT2D eigenvalue weighted by atomic mass is 15.2. The normalized spacial score (nSPS) is 24.9. The molecule has 0 spiro atoms. The van der Waals surface area contributed by atoms with Crippen molar-refractivity contribution in [1.82, 2.24) is 4.57 Å². The van der Waals surface area contributed by atoms with Gasteiger partial charge in [0.25, 0.3) is 0 Å². The van der Waals surface area contributed by atoms with E-state index < -0.39 is 0 Å². The Kier molecular flexibility index (Phi) is 8.13. The predicted octanol–water partition coefficient (Wildman–Crippen LogP) is 13.4. The van der Waals surface area contributed by atoms with Crippen molar-refractivity contribution in [1.29, 1.82) is 0 Å². The van der Waals surface area contributed by atoms with Gasteiger partial charge in [0, 0.05) is 33.8 Å². The Balaban J connectivity index is 1.15.